The molecule has 0 radical (unpaired) electrons. The molecule has 9 nitrogen and oxygen atoms in total. The van der Waals surface area contributed by atoms with Crippen molar-refractivity contribution in [2.45, 2.75) is 0 Å². The summed E-state index contributed by atoms with van der Waals surface area (Å²) in [6, 6.07) is 11.4. The van der Waals surface area contributed by atoms with Gasteiger partial charge in [0.05, 0.1) is 30.8 Å². The zero-order valence-electron chi connectivity index (χ0n) is 17.9. The van der Waals surface area contributed by atoms with Gasteiger partial charge in [0.25, 0.3) is 11.9 Å². The number of fused-ring (bicyclic) bond motifs is 2. The number of anilines is 1. The summed E-state index contributed by atoms with van der Waals surface area (Å²) in [7, 11) is 1.59. The summed E-state index contributed by atoms with van der Waals surface area (Å²) in [4.78, 5) is 23.7. The maximum Gasteiger partial charge on any atom is 0.298 e. The van der Waals surface area contributed by atoms with Crippen molar-refractivity contribution in [2.24, 2.45) is 11.8 Å². The molecular formula is C23H21ClN6O3. The highest BCUT2D eigenvalue weighted by atomic mass is 35.5. The molecular weight excluding hydrogens is 444 g/mol. The van der Waals surface area contributed by atoms with Gasteiger partial charge in [0.1, 0.15) is 11.3 Å². The lowest BCUT2D eigenvalue weighted by Gasteiger charge is -2.22. The second-order valence-electron chi connectivity index (χ2n) is 8.45. The molecule has 1 amide bonds. The number of aromatic nitrogens is 4. The molecule has 33 heavy (non-hydrogen) atoms. The van der Waals surface area contributed by atoms with Crippen LogP contribution in [0, 0.1) is 11.8 Å². The summed E-state index contributed by atoms with van der Waals surface area (Å²) in [5, 5.41) is 9.03. The first-order valence-electron chi connectivity index (χ1n) is 10.7. The predicted molar refractivity (Wildman–Crippen MR) is 122 cm³/mol. The maximum absolute atomic E-state index is 13.5. The van der Waals surface area contributed by atoms with Crippen molar-refractivity contribution in [3.63, 3.8) is 0 Å². The van der Waals surface area contributed by atoms with Gasteiger partial charge in [0.2, 0.25) is 0 Å². The molecule has 168 valence electrons. The second-order valence-corrected chi connectivity index (χ2v) is 8.88. The lowest BCUT2D eigenvalue weighted by atomic mass is 10.0. The summed E-state index contributed by atoms with van der Waals surface area (Å²) in [5.74, 6) is 1.28. The third kappa shape index (κ3) is 3.48. The van der Waals surface area contributed by atoms with E-state index in [9.17, 15) is 4.79 Å². The number of hydrogen-bond acceptors (Lipinski definition) is 7. The van der Waals surface area contributed by atoms with E-state index in [4.69, 9.17) is 20.8 Å². The molecule has 2 saturated heterocycles. The number of halogens is 1. The average molecular weight is 465 g/mol. The molecule has 4 heterocycles. The van der Waals surface area contributed by atoms with Crippen LogP contribution in [-0.2, 0) is 0 Å². The number of oxazole rings is 1. The van der Waals surface area contributed by atoms with Crippen molar-refractivity contribution >= 4 is 34.6 Å². The summed E-state index contributed by atoms with van der Waals surface area (Å²) >= 11 is 6.07. The normalized spacial score (nSPS) is 19.9. The van der Waals surface area contributed by atoms with E-state index >= 15 is 0 Å². The molecule has 0 spiro atoms. The van der Waals surface area contributed by atoms with Crippen molar-refractivity contribution < 1.29 is 13.9 Å². The summed E-state index contributed by atoms with van der Waals surface area (Å²) in [6.07, 6.45) is 3.18. The number of likely N-dealkylation sites (tertiary alicyclic amines) is 1. The fourth-order valence-corrected chi connectivity index (χ4v) is 5.00. The van der Waals surface area contributed by atoms with Crippen LogP contribution >= 0.6 is 11.6 Å². The molecule has 2 atom stereocenters. The summed E-state index contributed by atoms with van der Waals surface area (Å²) < 4.78 is 11.3. The van der Waals surface area contributed by atoms with Gasteiger partial charge in [-0.3, -0.25) is 4.79 Å². The number of ether oxygens (including phenoxy) is 1. The molecule has 0 unspecified atom stereocenters. The SMILES string of the molecule is COc1ccc(-n2nccn2)c(C(=O)N2C[C@@H]3CN(c4nc5cc(Cl)ccc5o4)C[C@@H]3C2)c1. The molecule has 0 N–H and O–H groups in total. The number of nitrogens with zero attached hydrogens (tertiary/aromatic N) is 6. The molecule has 2 aliphatic heterocycles. The number of hydrogen-bond donors (Lipinski definition) is 0. The molecule has 2 fully saturated rings. The topological polar surface area (TPSA) is 89.5 Å². The fourth-order valence-electron chi connectivity index (χ4n) is 4.84. The van der Waals surface area contributed by atoms with Gasteiger partial charge in [-0.2, -0.15) is 20.0 Å². The quantitative estimate of drug-likeness (QED) is 0.458. The molecule has 0 bridgehead atoms. The number of amides is 1. The van der Waals surface area contributed by atoms with Gasteiger partial charge in [0, 0.05) is 43.0 Å². The van der Waals surface area contributed by atoms with Crippen LogP contribution in [-0.4, -0.2) is 64.1 Å². The van der Waals surface area contributed by atoms with Crippen molar-refractivity contribution in [1.82, 2.24) is 24.9 Å². The molecule has 2 aromatic heterocycles. The van der Waals surface area contributed by atoms with Crippen LogP contribution in [0.1, 0.15) is 10.4 Å². The first-order chi connectivity index (χ1) is 16.1. The number of methoxy groups -OCH3 is 1. The van der Waals surface area contributed by atoms with E-state index in [1.54, 1.807) is 43.8 Å². The second kappa shape index (κ2) is 7.77. The standard InChI is InChI=1S/C23H21ClN6O3/c1-32-17-3-4-20(30-25-6-7-26-30)18(9-17)22(31)28-10-14-12-29(13-15(14)11-28)23-27-19-8-16(24)2-5-21(19)33-23/h2-9,14-15H,10-13H2,1H3/t14-,15+. The largest absolute Gasteiger partial charge is 0.497 e. The minimum absolute atomic E-state index is 0.0429. The van der Waals surface area contributed by atoms with Crippen LogP contribution < -0.4 is 9.64 Å². The van der Waals surface area contributed by atoms with E-state index < -0.39 is 0 Å². The maximum atomic E-state index is 13.5. The van der Waals surface area contributed by atoms with Crippen molar-refractivity contribution in [3.8, 4) is 11.4 Å². The van der Waals surface area contributed by atoms with E-state index in [1.807, 2.05) is 17.0 Å². The van der Waals surface area contributed by atoms with Gasteiger partial charge in [-0.15, -0.1) is 0 Å². The Hall–Kier alpha value is -3.59. The Morgan fingerprint density at radius 3 is 2.55 bits per heavy atom. The predicted octanol–water partition coefficient (Wildman–Crippen LogP) is 3.28. The first kappa shape index (κ1) is 20.0. The Kier molecular flexibility index (Phi) is 4.72. The van der Waals surface area contributed by atoms with Crippen LogP contribution in [0.25, 0.3) is 16.8 Å². The van der Waals surface area contributed by atoms with E-state index in [1.165, 1.54) is 4.80 Å². The average Bonchev–Trinajstić information content (AvgIpc) is 3.60. The Bertz CT molecular complexity index is 1320. The molecule has 10 heteroatoms. The van der Waals surface area contributed by atoms with Crippen LogP contribution in [0.4, 0.5) is 6.01 Å². The molecule has 2 aliphatic rings. The van der Waals surface area contributed by atoms with E-state index in [2.05, 4.69) is 20.1 Å². The van der Waals surface area contributed by atoms with Gasteiger partial charge in [-0.05, 0) is 36.4 Å². The van der Waals surface area contributed by atoms with Crippen molar-refractivity contribution in [2.75, 3.05) is 38.2 Å². The van der Waals surface area contributed by atoms with E-state index in [0.29, 0.717) is 53.0 Å². The van der Waals surface area contributed by atoms with Gasteiger partial charge in [-0.25, -0.2) is 0 Å². The highest BCUT2D eigenvalue weighted by Gasteiger charge is 2.43. The van der Waals surface area contributed by atoms with Gasteiger partial charge >= 0.3 is 0 Å². The van der Waals surface area contributed by atoms with Crippen LogP contribution in [0.5, 0.6) is 5.75 Å². The molecule has 6 rings (SSSR count). The smallest absolute Gasteiger partial charge is 0.298 e. The first-order valence-corrected chi connectivity index (χ1v) is 11.1. The van der Waals surface area contributed by atoms with E-state index in [0.717, 1.165) is 24.2 Å². The highest BCUT2D eigenvalue weighted by Crippen LogP contribution is 2.36. The fraction of sp³-hybridized carbons (Fsp3) is 0.304. The summed E-state index contributed by atoms with van der Waals surface area (Å²) in [5.41, 5.74) is 2.64. The number of carbonyl (C=O) groups excluding carboxylic acids is 1. The summed E-state index contributed by atoms with van der Waals surface area (Å²) in [6.45, 7) is 2.94. The Labute approximate surface area is 194 Å². The Balaban J connectivity index is 1.21. The number of benzene rings is 2. The highest BCUT2D eigenvalue weighted by molar-refractivity contribution is 6.31. The molecule has 0 saturated carbocycles. The lowest BCUT2D eigenvalue weighted by Crippen LogP contribution is -2.34. The van der Waals surface area contributed by atoms with Gasteiger partial charge < -0.3 is 19.0 Å². The van der Waals surface area contributed by atoms with Crippen LogP contribution in [0.2, 0.25) is 5.02 Å². The van der Waals surface area contributed by atoms with Gasteiger partial charge in [-0.1, -0.05) is 11.6 Å². The van der Waals surface area contributed by atoms with Crippen LogP contribution in [0.15, 0.2) is 53.2 Å². The Morgan fingerprint density at radius 1 is 1.06 bits per heavy atom. The third-order valence-electron chi connectivity index (χ3n) is 6.45. The monoisotopic (exact) mass is 464 g/mol. The zero-order chi connectivity index (χ0) is 22.5. The molecule has 2 aromatic carbocycles. The minimum Gasteiger partial charge on any atom is -0.497 e. The minimum atomic E-state index is -0.0429. The molecule has 0 aliphatic carbocycles. The molecule has 4 aromatic rings. The number of rotatable bonds is 4. The van der Waals surface area contributed by atoms with Gasteiger partial charge in [0.15, 0.2) is 5.58 Å². The third-order valence-corrected chi connectivity index (χ3v) is 6.69. The van der Waals surface area contributed by atoms with Crippen LogP contribution in [0.3, 0.4) is 0 Å². The number of carbonyl (C=O) groups is 1. The Morgan fingerprint density at radius 2 is 1.82 bits per heavy atom. The van der Waals surface area contributed by atoms with E-state index in [-0.39, 0.29) is 5.91 Å². The lowest BCUT2D eigenvalue weighted by molar-refractivity contribution is 0.0782. The van der Waals surface area contributed by atoms with Crippen molar-refractivity contribution in [1.29, 1.82) is 0 Å². The van der Waals surface area contributed by atoms with Crippen molar-refractivity contribution in [3.05, 3.63) is 59.4 Å². The zero-order valence-corrected chi connectivity index (χ0v) is 18.6.